The fourth-order valence-electron chi connectivity index (χ4n) is 3.55. The SMILES string of the molecule is Nc1nc(COC(=O)C2CCN(c3ccc(C(F)(F)F)cn3)CC2)nc(Nc2ccccc2)n1. The van der Waals surface area contributed by atoms with E-state index in [1.54, 1.807) is 0 Å². The van der Waals surface area contributed by atoms with E-state index >= 15 is 0 Å². The van der Waals surface area contributed by atoms with Crippen molar-refractivity contribution in [2.24, 2.45) is 5.92 Å². The first-order chi connectivity index (χ1) is 16.3. The van der Waals surface area contributed by atoms with Crippen LogP contribution >= 0.6 is 0 Å². The summed E-state index contributed by atoms with van der Waals surface area (Å²) in [7, 11) is 0. The zero-order valence-electron chi connectivity index (χ0n) is 18.0. The summed E-state index contributed by atoms with van der Waals surface area (Å²) >= 11 is 0. The van der Waals surface area contributed by atoms with Gasteiger partial charge in [0.2, 0.25) is 11.9 Å². The molecule has 0 saturated carbocycles. The van der Waals surface area contributed by atoms with E-state index in [-0.39, 0.29) is 30.2 Å². The minimum absolute atomic E-state index is 0.00294. The fraction of sp³-hybridized carbons (Fsp3) is 0.318. The van der Waals surface area contributed by atoms with Crippen molar-refractivity contribution in [1.29, 1.82) is 0 Å². The number of rotatable bonds is 6. The third-order valence-electron chi connectivity index (χ3n) is 5.30. The predicted octanol–water partition coefficient (Wildman–Crippen LogP) is 3.57. The predicted molar refractivity (Wildman–Crippen MR) is 118 cm³/mol. The molecule has 12 heteroatoms. The zero-order chi connectivity index (χ0) is 24.1. The van der Waals surface area contributed by atoms with Gasteiger partial charge in [0.05, 0.1) is 11.5 Å². The van der Waals surface area contributed by atoms with Crippen LogP contribution in [-0.4, -0.2) is 39.0 Å². The lowest BCUT2D eigenvalue weighted by molar-refractivity contribution is -0.150. The highest BCUT2D eigenvalue weighted by molar-refractivity contribution is 5.72. The van der Waals surface area contributed by atoms with Gasteiger partial charge in [-0.1, -0.05) is 18.2 Å². The van der Waals surface area contributed by atoms with Gasteiger partial charge in [0.1, 0.15) is 5.82 Å². The van der Waals surface area contributed by atoms with Gasteiger partial charge in [-0.3, -0.25) is 4.79 Å². The van der Waals surface area contributed by atoms with E-state index in [0.717, 1.165) is 18.0 Å². The summed E-state index contributed by atoms with van der Waals surface area (Å²) in [5.41, 5.74) is 5.72. The number of pyridine rings is 1. The van der Waals surface area contributed by atoms with E-state index in [1.807, 2.05) is 35.2 Å². The Hall–Kier alpha value is -3.96. The lowest BCUT2D eigenvalue weighted by Gasteiger charge is -2.31. The van der Waals surface area contributed by atoms with Gasteiger partial charge in [0, 0.05) is 25.0 Å². The maximum Gasteiger partial charge on any atom is 0.417 e. The number of para-hydroxylation sites is 1. The second-order valence-electron chi connectivity index (χ2n) is 7.70. The number of alkyl halides is 3. The quantitative estimate of drug-likeness (QED) is 0.518. The summed E-state index contributed by atoms with van der Waals surface area (Å²) < 4.78 is 43.5. The average molecular weight is 473 g/mol. The third-order valence-corrected chi connectivity index (χ3v) is 5.30. The Labute approximate surface area is 193 Å². The number of benzene rings is 1. The van der Waals surface area contributed by atoms with Gasteiger partial charge in [-0.25, -0.2) is 4.98 Å². The van der Waals surface area contributed by atoms with E-state index in [0.29, 0.717) is 31.7 Å². The molecule has 3 aromatic rings. The van der Waals surface area contributed by atoms with E-state index in [2.05, 4.69) is 25.3 Å². The number of anilines is 4. The van der Waals surface area contributed by atoms with E-state index in [1.165, 1.54) is 6.07 Å². The van der Waals surface area contributed by atoms with Crippen LogP contribution < -0.4 is 16.0 Å². The van der Waals surface area contributed by atoms with E-state index in [9.17, 15) is 18.0 Å². The highest BCUT2D eigenvalue weighted by atomic mass is 19.4. The average Bonchev–Trinajstić information content (AvgIpc) is 2.82. The number of esters is 1. The second-order valence-corrected chi connectivity index (χ2v) is 7.70. The van der Waals surface area contributed by atoms with Crippen LogP contribution in [0.2, 0.25) is 0 Å². The van der Waals surface area contributed by atoms with Gasteiger partial charge in [0.15, 0.2) is 12.4 Å². The molecule has 0 bridgehead atoms. The molecule has 0 aliphatic carbocycles. The number of aromatic nitrogens is 4. The Morgan fingerprint density at radius 1 is 1.09 bits per heavy atom. The highest BCUT2D eigenvalue weighted by Crippen LogP contribution is 2.30. The summed E-state index contributed by atoms with van der Waals surface area (Å²) in [4.78, 5) is 30.6. The molecule has 0 amide bonds. The van der Waals surface area contributed by atoms with Crippen LogP contribution in [0.5, 0.6) is 0 Å². The van der Waals surface area contributed by atoms with Crippen molar-refractivity contribution in [2.75, 3.05) is 29.0 Å². The molecule has 1 fully saturated rings. The molecule has 2 aromatic heterocycles. The molecular weight excluding hydrogens is 451 g/mol. The minimum Gasteiger partial charge on any atom is -0.457 e. The van der Waals surface area contributed by atoms with Crippen LogP contribution in [0, 0.1) is 5.92 Å². The molecule has 3 heterocycles. The van der Waals surface area contributed by atoms with E-state index in [4.69, 9.17) is 10.5 Å². The van der Waals surface area contributed by atoms with Gasteiger partial charge in [0.25, 0.3) is 0 Å². The van der Waals surface area contributed by atoms with Crippen molar-refractivity contribution in [2.45, 2.75) is 25.6 Å². The summed E-state index contributed by atoms with van der Waals surface area (Å²) in [6.45, 7) is 0.791. The van der Waals surface area contributed by atoms with Gasteiger partial charge < -0.3 is 20.7 Å². The largest absolute Gasteiger partial charge is 0.457 e. The molecule has 0 spiro atoms. The zero-order valence-corrected chi connectivity index (χ0v) is 18.0. The Morgan fingerprint density at radius 3 is 2.47 bits per heavy atom. The summed E-state index contributed by atoms with van der Waals surface area (Å²) in [5.74, 6) is 0.159. The smallest absolute Gasteiger partial charge is 0.417 e. The normalized spacial score (nSPS) is 14.6. The maximum atomic E-state index is 12.7. The molecule has 0 radical (unpaired) electrons. The third kappa shape index (κ3) is 5.88. The molecule has 1 aliphatic heterocycles. The first-order valence-corrected chi connectivity index (χ1v) is 10.6. The minimum atomic E-state index is -4.43. The number of ether oxygens (including phenoxy) is 1. The Morgan fingerprint density at radius 2 is 1.82 bits per heavy atom. The second kappa shape index (κ2) is 9.89. The molecule has 1 aromatic carbocycles. The monoisotopic (exact) mass is 473 g/mol. The van der Waals surface area contributed by atoms with Crippen LogP contribution in [0.1, 0.15) is 24.2 Å². The summed E-state index contributed by atoms with van der Waals surface area (Å²) in [6, 6.07) is 11.6. The van der Waals surface area contributed by atoms with Gasteiger partial charge >= 0.3 is 12.1 Å². The number of carbonyl (C=O) groups excluding carboxylic acids is 1. The van der Waals surface area contributed by atoms with Crippen LogP contribution in [0.4, 0.5) is 36.6 Å². The number of nitrogen functional groups attached to an aromatic ring is 1. The highest BCUT2D eigenvalue weighted by Gasteiger charge is 2.31. The molecular formula is C22H22F3N7O2. The topological polar surface area (TPSA) is 119 Å². The molecule has 1 aliphatic rings. The molecule has 1 saturated heterocycles. The van der Waals surface area contributed by atoms with Gasteiger partial charge in [-0.05, 0) is 37.1 Å². The van der Waals surface area contributed by atoms with E-state index < -0.39 is 17.7 Å². The van der Waals surface area contributed by atoms with Crippen LogP contribution in [0.3, 0.4) is 0 Å². The van der Waals surface area contributed by atoms with Crippen molar-refractivity contribution >= 4 is 29.4 Å². The standard InChI is InChI=1S/C22H22F3N7O2/c23-22(24,25)15-6-7-18(27-12-15)32-10-8-14(9-11-32)19(33)34-13-17-29-20(26)31-21(30-17)28-16-4-2-1-3-5-16/h1-7,12,14H,8-11,13H2,(H3,26,28,29,30,31). The van der Waals surface area contributed by atoms with Gasteiger partial charge in [-0.2, -0.15) is 28.1 Å². The maximum absolute atomic E-state index is 12.7. The number of hydrogen-bond acceptors (Lipinski definition) is 9. The van der Waals surface area contributed by atoms with Crippen LogP contribution in [0.25, 0.3) is 0 Å². The Bertz CT molecular complexity index is 1120. The summed E-state index contributed by atoms with van der Waals surface area (Å²) in [6.07, 6.45) is -2.63. The molecule has 3 N–H and O–H groups in total. The van der Waals surface area contributed by atoms with Crippen molar-refractivity contribution in [3.63, 3.8) is 0 Å². The molecule has 0 unspecified atom stereocenters. The van der Waals surface area contributed by atoms with Crippen molar-refractivity contribution < 1.29 is 22.7 Å². The molecule has 4 rings (SSSR count). The van der Waals surface area contributed by atoms with Crippen molar-refractivity contribution in [3.05, 3.63) is 60.0 Å². The van der Waals surface area contributed by atoms with Crippen molar-refractivity contribution in [1.82, 2.24) is 19.9 Å². The molecule has 178 valence electrons. The first-order valence-electron chi connectivity index (χ1n) is 10.6. The van der Waals surface area contributed by atoms with Crippen LogP contribution in [-0.2, 0) is 22.3 Å². The van der Waals surface area contributed by atoms with Crippen molar-refractivity contribution in [3.8, 4) is 0 Å². The number of carbonyl (C=O) groups is 1. The molecule has 0 atom stereocenters. The lowest BCUT2D eigenvalue weighted by Crippen LogP contribution is -2.37. The Balaban J connectivity index is 1.29. The fourth-order valence-corrected chi connectivity index (χ4v) is 3.55. The number of hydrogen-bond donors (Lipinski definition) is 2. The Kier molecular flexibility index (Phi) is 6.75. The number of piperidine rings is 1. The number of nitrogens with one attached hydrogen (secondary N) is 1. The first kappa shape index (κ1) is 23.2. The summed E-state index contributed by atoms with van der Waals surface area (Å²) in [5, 5.41) is 3.01. The number of nitrogens with zero attached hydrogens (tertiary/aromatic N) is 5. The number of halogens is 3. The van der Waals surface area contributed by atoms with Gasteiger partial charge in [-0.15, -0.1) is 0 Å². The molecule has 34 heavy (non-hydrogen) atoms. The van der Waals surface area contributed by atoms with Crippen LogP contribution in [0.15, 0.2) is 48.7 Å². The molecule has 9 nitrogen and oxygen atoms in total. The lowest BCUT2D eigenvalue weighted by atomic mass is 9.97. The number of nitrogens with two attached hydrogens (primary N) is 1.